The maximum Gasteiger partial charge on any atom is 0.332 e. The lowest BCUT2D eigenvalue weighted by Gasteiger charge is -2.27. The number of amides is 3. The monoisotopic (exact) mass is 287 g/mol. The van der Waals surface area contributed by atoms with Crippen LogP contribution in [0.15, 0.2) is 0 Å². The number of ether oxygens (including phenoxy) is 1. The molecule has 1 atom stereocenters. The summed E-state index contributed by atoms with van der Waals surface area (Å²) in [6.07, 6.45) is 0.208. The number of carbonyl (C=O) groups excluding carboxylic acids is 2. The fraction of sp³-hybridized carbons (Fsp3) is 0.750. The van der Waals surface area contributed by atoms with Gasteiger partial charge in [0.05, 0.1) is 6.61 Å². The van der Waals surface area contributed by atoms with Gasteiger partial charge in [-0.25, -0.2) is 9.59 Å². The first-order valence-corrected chi connectivity index (χ1v) is 6.40. The molecule has 1 heterocycles. The van der Waals surface area contributed by atoms with Gasteiger partial charge in [-0.1, -0.05) is 0 Å². The molecule has 3 amide bonds. The third-order valence-electron chi connectivity index (χ3n) is 2.95. The first kappa shape index (κ1) is 16.2. The summed E-state index contributed by atoms with van der Waals surface area (Å²) in [6, 6.07) is -0.635. The van der Waals surface area contributed by atoms with Crippen molar-refractivity contribution in [3.63, 3.8) is 0 Å². The van der Waals surface area contributed by atoms with Crippen molar-refractivity contribution in [1.29, 1.82) is 0 Å². The molecule has 8 nitrogen and oxygen atoms in total. The predicted octanol–water partition coefficient (Wildman–Crippen LogP) is -0.604. The minimum Gasteiger partial charge on any atom is -0.479 e. The van der Waals surface area contributed by atoms with Crippen LogP contribution in [0.1, 0.15) is 20.3 Å². The summed E-state index contributed by atoms with van der Waals surface area (Å²) in [4.78, 5) is 35.9. The summed E-state index contributed by atoms with van der Waals surface area (Å²) in [6.45, 7) is 3.70. The van der Waals surface area contributed by atoms with Crippen LogP contribution >= 0.6 is 0 Å². The highest BCUT2D eigenvalue weighted by Crippen LogP contribution is 2.19. The van der Waals surface area contributed by atoms with Crippen LogP contribution in [0.4, 0.5) is 4.79 Å². The van der Waals surface area contributed by atoms with Gasteiger partial charge >= 0.3 is 12.0 Å². The van der Waals surface area contributed by atoms with Gasteiger partial charge in [-0.05, 0) is 13.8 Å². The van der Waals surface area contributed by atoms with Crippen molar-refractivity contribution in [3.8, 4) is 0 Å². The summed E-state index contributed by atoms with van der Waals surface area (Å²) in [7, 11) is 1.43. The van der Waals surface area contributed by atoms with Gasteiger partial charge in [-0.3, -0.25) is 4.79 Å². The number of urea groups is 1. The predicted molar refractivity (Wildman–Crippen MR) is 70.2 cm³/mol. The SMILES string of the molecule is CC(C)NC(=O)CN(C)C(=O)NC1(C(=O)O)CCOC1. The summed E-state index contributed by atoms with van der Waals surface area (Å²) in [5.74, 6) is -1.44. The molecule has 1 rings (SSSR count). The van der Waals surface area contributed by atoms with E-state index in [1.165, 1.54) is 7.05 Å². The van der Waals surface area contributed by atoms with Crippen molar-refractivity contribution in [3.05, 3.63) is 0 Å². The second kappa shape index (κ2) is 6.56. The molecule has 20 heavy (non-hydrogen) atoms. The number of carboxylic acid groups (broad SMARTS) is 1. The van der Waals surface area contributed by atoms with Gasteiger partial charge in [0.2, 0.25) is 5.91 Å². The molecular weight excluding hydrogens is 266 g/mol. The Hall–Kier alpha value is -1.83. The molecule has 0 aromatic rings. The smallest absolute Gasteiger partial charge is 0.332 e. The number of carbonyl (C=O) groups is 3. The van der Waals surface area contributed by atoms with Crippen molar-refractivity contribution in [2.75, 3.05) is 26.8 Å². The van der Waals surface area contributed by atoms with Gasteiger partial charge in [0.1, 0.15) is 6.54 Å². The lowest BCUT2D eigenvalue weighted by atomic mass is 9.99. The second-order valence-corrected chi connectivity index (χ2v) is 5.20. The number of nitrogens with zero attached hydrogens (tertiary/aromatic N) is 1. The Kier molecular flexibility index (Phi) is 5.32. The molecule has 0 bridgehead atoms. The zero-order valence-electron chi connectivity index (χ0n) is 11.9. The molecule has 114 valence electrons. The highest BCUT2D eigenvalue weighted by Gasteiger charge is 2.44. The number of likely N-dealkylation sites (N-methyl/N-ethyl adjacent to an activating group) is 1. The third kappa shape index (κ3) is 4.09. The zero-order chi connectivity index (χ0) is 15.3. The van der Waals surface area contributed by atoms with E-state index in [-0.39, 0.29) is 38.1 Å². The molecule has 1 fully saturated rings. The number of carboxylic acids is 1. The third-order valence-corrected chi connectivity index (χ3v) is 2.95. The van der Waals surface area contributed by atoms with Crippen molar-refractivity contribution < 1.29 is 24.2 Å². The van der Waals surface area contributed by atoms with E-state index in [0.29, 0.717) is 0 Å². The molecule has 0 radical (unpaired) electrons. The van der Waals surface area contributed by atoms with E-state index in [4.69, 9.17) is 4.74 Å². The van der Waals surface area contributed by atoms with Crippen molar-refractivity contribution in [2.24, 2.45) is 0 Å². The number of rotatable bonds is 5. The van der Waals surface area contributed by atoms with E-state index < -0.39 is 17.5 Å². The Labute approximate surface area is 117 Å². The lowest BCUT2D eigenvalue weighted by molar-refractivity contribution is -0.144. The normalized spacial score (nSPS) is 21.6. The molecular formula is C12H21N3O5. The largest absolute Gasteiger partial charge is 0.479 e. The van der Waals surface area contributed by atoms with Crippen LogP contribution in [0.2, 0.25) is 0 Å². The van der Waals surface area contributed by atoms with Gasteiger partial charge in [0, 0.05) is 26.1 Å². The first-order valence-electron chi connectivity index (χ1n) is 6.40. The Morgan fingerprint density at radius 3 is 2.50 bits per heavy atom. The molecule has 0 aromatic heterocycles. The summed E-state index contributed by atoms with van der Waals surface area (Å²) >= 11 is 0. The topological polar surface area (TPSA) is 108 Å². The van der Waals surface area contributed by atoms with Crippen LogP contribution in [-0.2, 0) is 14.3 Å². The van der Waals surface area contributed by atoms with Crippen LogP contribution in [0, 0.1) is 0 Å². The van der Waals surface area contributed by atoms with Gasteiger partial charge < -0.3 is 25.4 Å². The number of hydrogen-bond donors (Lipinski definition) is 3. The standard InChI is InChI=1S/C12H21N3O5/c1-8(2)13-9(16)6-15(3)11(19)14-12(10(17)18)4-5-20-7-12/h8H,4-7H2,1-3H3,(H,13,16)(H,14,19)(H,17,18). The number of hydrogen-bond acceptors (Lipinski definition) is 4. The fourth-order valence-corrected chi connectivity index (χ4v) is 1.84. The van der Waals surface area contributed by atoms with Crippen LogP contribution in [0.3, 0.4) is 0 Å². The summed E-state index contributed by atoms with van der Waals surface area (Å²) in [5, 5.41) is 14.3. The molecule has 0 saturated carbocycles. The van der Waals surface area contributed by atoms with E-state index in [9.17, 15) is 19.5 Å². The van der Waals surface area contributed by atoms with Crippen LogP contribution in [-0.4, -0.2) is 66.3 Å². The average molecular weight is 287 g/mol. The van der Waals surface area contributed by atoms with Crippen molar-refractivity contribution >= 4 is 17.9 Å². The van der Waals surface area contributed by atoms with Crippen LogP contribution in [0.25, 0.3) is 0 Å². The first-order chi connectivity index (χ1) is 9.27. The molecule has 0 spiro atoms. The van der Waals surface area contributed by atoms with Crippen molar-refractivity contribution in [2.45, 2.75) is 31.8 Å². The molecule has 0 aromatic carbocycles. The van der Waals surface area contributed by atoms with Gasteiger partial charge in [0.25, 0.3) is 0 Å². The lowest BCUT2D eigenvalue weighted by Crippen LogP contribution is -2.58. The maximum absolute atomic E-state index is 11.9. The molecule has 1 aliphatic rings. The summed E-state index contributed by atoms with van der Waals surface area (Å²) in [5.41, 5.74) is -1.40. The van der Waals surface area contributed by atoms with E-state index in [0.717, 1.165) is 4.90 Å². The Bertz CT molecular complexity index is 391. The highest BCUT2D eigenvalue weighted by molar-refractivity contribution is 5.89. The van der Waals surface area contributed by atoms with Crippen LogP contribution in [0.5, 0.6) is 0 Å². The van der Waals surface area contributed by atoms with Gasteiger partial charge in [-0.2, -0.15) is 0 Å². The second-order valence-electron chi connectivity index (χ2n) is 5.20. The minimum absolute atomic E-state index is 0.0208. The minimum atomic E-state index is -1.40. The number of nitrogens with one attached hydrogen (secondary N) is 2. The Morgan fingerprint density at radius 2 is 2.05 bits per heavy atom. The summed E-state index contributed by atoms with van der Waals surface area (Å²) < 4.78 is 5.04. The van der Waals surface area contributed by atoms with Gasteiger partial charge in [-0.15, -0.1) is 0 Å². The molecule has 1 saturated heterocycles. The molecule has 8 heteroatoms. The van der Waals surface area contributed by atoms with E-state index in [1.54, 1.807) is 0 Å². The average Bonchev–Trinajstić information content (AvgIpc) is 2.77. The van der Waals surface area contributed by atoms with Crippen LogP contribution < -0.4 is 10.6 Å². The maximum atomic E-state index is 11.9. The Balaban J connectivity index is 2.56. The number of aliphatic carboxylic acids is 1. The van der Waals surface area contributed by atoms with Gasteiger partial charge in [0.15, 0.2) is 5.54 Å². The zero-order valence-corrected chi connectivity index (χ0v) is 11.9. The molecule has 0 aliphatic carbocycles. The molecule has 3 N–H and O–H groups in total. The van der Waals surface area contributed by atoms with E-state index in [1.807, 2.05) is 13.8 Å². The van der Waals surface area contributed by atoms with Crippen molar-refractivity contribution in [1.82, 2.24) is 15.5 Å². The quantitative estimate of drug-likeness (QED) is 0.625. The highest BCUT2D eigenvalue weighted by atomic mass is 16.5. The fourth-order valence-electron chi connectivity index (χ4n) is 1.84. The molecule has 1 aliphatic heterocycles. The Morgan fingerprint density at radius 1 is 1.40 bits per heavy atom. The molecule has 1 unspecified atom stereocenters. The van der Waals surface area contributed by atoms with E-state index in [2.05, 4.69) is 10.6 Å². The van der Waals surface area contributed by atoms with E-state index >= 15 is 0 Å².